The van der Waals surface area contributed by atoms with E-state index in [0.29, 0.717) is 0 Å². The highest BCUT2D eigenvalue weighted by Crippen LogP contribution is 2.29. The maximum Gasteiger partial charge on any atom is 0.198 e. The molecule has 4 rings (SSSR count). The van der Waals surface area contributed by atoms with Crippen LogP contribution < -0.4 is 4.90 Å². The number of fused-ring (bicyclic) bond motifs is 1. The molecule has 2 N–H and O–H groups in total. The largest absolute Gasteiger partial charge is 0.494 e. The summed E-state index contributed by atoms with van der Waals surface area (Å²) < 4.78 is 0. The Balaban J connectivity index is 1.57. The molecule has 0 aliphatic carbocycles. The molecule has 2 heterocycles. The Labute approximate surface area is 154 Å². The van der Waals surface area contributed by atoms with Gasteiger partial charge < -0.3 is 15.0 Å². The van der Waals surface area contributed by atoms with Crippen molar-refractivity contribution in [2.75, 3.05) is 18.0 Å². The lowest BCUT2D eigenvalue weighted by molar-refractivity contribution is 0.447. The highest BCUT2D eigenvalue weighted by Gasteiger charge is 2.16. The van der Waals surface area contributed by atoms with Gasteiger partial charge in [0.2, 0.25) is 0 Å². The van der Waals surface area contributed by atoms with Crippen molar-refractivity contribution in [1.29, 1.82) is 0 Å². The highest BCUT2D eigenvalue weighted by molar-refractivity contribution is 6.04. The van der Waals surface area contributed by atoms with Crippen LogP contribution in [0.15, 0.2) is 47.5 Å². The number of H-pyrrole nitrogens is 1. The number of benzene rings is 2. The van der Waals surface area contributed by atoms with Crippen LogP contribution in [-0.2, 0) is 0 Å². The molecule has 1 atom stereocenters. The smallest absolute Gasteiger partial charge is 0.198 e. The molecule has 4 heteroatoms. The van der Waals surface area contributed by atoms with Crippen molar-refractivity contribution in [1.82, 2.24) is 4.98 Å². The van der Waals surface area contributed by atoms with E-state index in [-0.39, 0.29) is 5.88 Å². The van der Waals surface area contributed by atoms with E-state index in [1.54, 1.807) is 6.21 Å². The van der Waals surface area contributed by atoms with Gasteiger partial charge in [-0.3, -0.25) is 4.99 Å². The van der Waals surface area contributed by atoms with E-state index in [9.17, 15) is 5.11 Å². The second kappa shape index (κ2) is 6.87. The zero-order valence-corrected chi connectivity index (χ0v) is 15.4. The number of aromatic hydroxyl groups is 1. The monoisotopic (exact) mass is 347 g/mol. The Morgan fingerprint density at radius 1 is 1.19 bits per heavy atom. The van der Waals surface area contributed by atoms with E-state index in [1.807, 2.05) is 37.3 Å². The number of aliphatic imine (C=N–C) groups is 1. The Kier molecular flexibility index (Phi) is 4.41. The summed E-state index contributed by atoms with van der Waals surface area (Å²) in [5, 5.41) is 11.2. The standard InChI is InChI=1S/C22H25N3O/c1-15-5-4-12-25(14-15)18-10-8-17(9-11-18)23-13-19-21-16(2)6-3-7-20(21)24-22(19)26/h3,6-11,13,15,24,26H,4-5,12,14H2,1-2H3. The Morgan fingerprint density at radius 3 is 2.77 bits per heavy atom. The lowest BCUT2D eigenvalue weighted by atomic mass is 10.00. The minimum atomic E-state index is 0.164. The third-order valence-corrected chi connectivity index (χ3v) is 5.26. The van der Waals surface area contributed by atoms with Crippen molar-refractivity contribution >= 4 is 28.5 Å². The van der Waals surface area contributed by atoms with Gasteiger partial charge in [-0.15, -0.1) is 0 Å². The molecular formula is C22H25N3O. The second-order valence-corrected chi connectivity index (χ2v) is 7.35. The lowest BCUT2D eigenvalue weighted by Crippen LogP contribution is -2.34. The van der Waals surface area contributed by atoms with E-state index in [1.165, 1.54) is 18.5 Å². The zero-order chi connectivity index (χ0) is 18.1. The SMILES string of the molecule is Cc1cccc2[nH]c(O)c(C=Nc3ccc(N4CCCC(C)C4)cc3)c12. The second-order valence-electron chi connectivity index (χ2n) is 7.35. The number of nitrogens with zero attached hydrogens (tertiary/aromatic N) is 2. The van der Waals surface area contributed by atoms with Crippen molar-refractivity contribution in [3.05, 3.63) is 53.6 Å². The summed E-state index contributed by atoms with van der Waals surface area (Å²) in [6, 6.07) is 14.4. The number of anilines is 1. The highest BCUT2D eigenvalue weighted by atomic mass is 16.3. The predicted molar refractivity (Wildman–Crippen MR) is 109 cm³/mol. The topological polar surface area (TPSA) is 51.6 Å². The summed E-state index contributed by atoms with van der Waals surface area (Å²) in [4.78, 5) is 10.1. The molecule has 3 aromatic rings. The number of hydrogen-bond donors (Lipinski definition) is 2. The maximum atomic E-state index is 10.2. The van der Waals surface area contributed by atoms with E-state index >= 15 is 0 Å². The molecular weight excluding hydrogens is 322 g/mol. The maximum absolute atomic E-state index is 10.2. The molecule has 26 heavy (non-hydrogen) atoms. The average molecular weight is 347 g/mol. The fourth-order valence-electron chi connectivity index (χ4n) is 3.88. The summed E-state index contributed by atoms with van der Waals surface area (Å²) >= 11 is 0. The van der Waals surface area contributed by atoms with Gasteiger partial charge in [0.15, 0.2) is 5.88 Å². The third-order valence-electron chi connectivity index (χ3n) is 5.26. The fourth-order valence-corrected chi connectivity index (χ4v) is 3.88. The Morgan fingerprint density at radius 2 is 2.00 bits per heavy atom. The molecule has 1 aliphatic rings. The normalized spacial score (nSPS) is 18.1. The van der Waals surface area contributed by atoms with Crippen LogP contribution in [0.4, 0.5) is 11.4 Å². The number of rotatable bonds is 3. The lowest BCUT2D eigenvalue weighted by Gasteiger charge is -2.32. The molecule has 4 nitrogen and oxygen atoms in total. The van der Waals surface area contributed by atoms with Crippen LogP contribution in [0.1, 0.15) is 30.9 Å². The number of hydrogen-bond acceptors (Lipinski definition) is 3. The molecule has 134 valence electrons. The molecule has 1 aromatic heterocycles. The summed E-state index contributed by atoms with van der Waals surface area (Å²) in [5.41, 5.74) is 4.95. The minimum absolute atomic E-state index is 0.164. The van der Waals surface area contributed by atoms with Gasteiger partial charge in [-0.1, -0.05) is 19.1 Å². The van der Waals surface area contributed by atoms with E-state index in [2.05, 4.69) is 33.9 Å². The minimum Gasteiger partial charge on any atom is -0.494 e. The van der Waals surface area contributed by atoms with Crippen molar-refractivity contribution in [3.8, 4) is 5.88 Å². The Hall–Kier alpha value is -2.75. The molecule has 1 aliphatic heterocycles. The molecule has 1 unspecified atom stereocenters. The van der Waals surface area contributed by atoms with Gasteiger partial charge in [0.05, 0.1) is 11.3 Å². The number of aryl methyl sites for hydroxylation is 1. The Bertz CT molecular complexity index is 940. The summed E-state index contributed by atoms with van der Waals surface area (Å²) in [6.45, 7) is 6.63. The van der Waals surface area contributed by atoms with Gasteiger partial charge in [-0.25, -0.2) is 0 Å². The zero-order valence-electron chi connectivity index (χ0n) is 15.4. The van der Waals surface area contributed by atoms with Crippen LogP contribution in [0.2, 0.25) is 0 Å². The summed E-state index contributed by atoms with van der Waals surface area (Å²) in [5.74, 6) is 0.923. The van der Waals surface area contributed by atoms with Gasteiger partial charge in [0, 0.05) is 35.9 Å². The molecule has 0 radical (unpaired) electrons. The summed E-state index contributed by atoms with van der Waals surface area (Å²) in [7, 11) is 0. The van der Waals surface area contributed by atoms with Gasteiger partial charge in [-0.05, 0) is 61.6 Å². The number of piperidine rings is 1. The molecule has 0 spiro atoms. The first-order chi connectivity index (χ1) is 12.6. The van der Waals surface area contributed by atoms with Crippen LogP contribution in [-0.4, -0.2) is 29.4 Å². The van der Waals surface area contributed by atoms with E-state index in [0.717, 1.165) is 46.7 Å². The molecule has 1 saturated heterocycles. The first-order valence-corrected chi connectivity index (χ1v) is 9.31. The van der Waals surface area contributed by atoms with Crippen molar-refractivity contribution in [2.24, 2.45) is 10.9 Å². The van der Waals surface area contributed by atoms with Crippen molar-refractivity contribution in [2.45, 2.75) is 26.7 Å². The number of nitrogens with one attached hydrogen (secondary N) is 1. The molecule has 1 fully saturated rings. The van der Waals surface area contributed by atoms with E-state index < -0.39 is 0 Å². The first kappa shape index (κ1) is 16.7. The molecule has 2 aromatic carbocycles. The van der Waals surface area contributed by atoms with Crippen LogP contribution in [0.5, 0.6) is 5.88 Å². The predicted octanol–water partition coefficient (Wildman–Crippen LogP) is 5.17. The van der Waals surface area contributed by atoms with Crippen LogP contribution in [0, 0.1) is 12.8 Å². The first-order valence-electron chi connectivity index (χ1n) is 9.31. The molecule has 0 amide bonds. The third kappa shape index (κ3) is 3.19. The molecule has 0 saturated carbocycles. The van der Waals surface area contributed by atoms with Gasteiger partial charge >= 0.3 is 0 Å². The van der Waals surface area contributed by atoms with E-state index in [4.69, 9.17) is 0 Å². The van der Waals surface area contributed by atoms with Crippen LogP contribution in [0.3, 0.4) is 0 Å². The van der Waals surface area contributed by atoms with Crippen molar-refractivity contribution < 1.29 is 5.11 Å². The van der Waals surface area contributed by atoms with Crippen LogP contribution >= 0.6 is 0 Å². The number of aromatic amines is 1. The number of aromatic nitrogens is 1. The van der Waals surface area contributed by atoms with Gasteiger partial charge in [0.1, 0.15) is 0 Å². The fraction of sp³-hybridized carbons (Fsp3) is 0.318. The van der Waals surface area contributed by atoms with Gasteiger partial charge in [-0.2, -0.15) is 0 Å². The average Bonchev–Trinajstić information content (AvgIpc) is 2.97. The quantitative estimate of drug-likeness (QED) is 0.642. The summed E-state index contributed by atoms with van der Waals surface area (Å²) in [6.07, 6.45) is 4.34. The van der Waals surface area contributed by atoms with Crippen molar-refractivity contribution in [3.63, 3.8) is 0 Å². The van der Waals surface area contributed by atoms with Gasteiger partial charge in [0.25, 0.3) is 0 Å². The van der Waals surface area contributed by atoms with Crippen LogP contribution in [0.25, 0.3) is 10.9 Å². The molecule has 0 bridgehead atoms.